The van der Waals surface area contributed by atoms with Crippen molar-refractivity contribution in [3.8, 4) is 0 Å². The molecule has 0 spiro atoms. The molecule has 192 valence electrons. The Balaban J connectivity index is 1.01. The fourth-order valence-corrected chi connectivity index (χ4v) is 6.60. The first-order chi connectivity index (χ1) is 17.5. The Kier molecular flexibility index (Phi) is 6.52. The molecular formula is C27H35ClN6O2. The minimum absolute atomic E-state index is 0.0211. The third-order valence-corrected chi connectivity index (χ3v) is 9.06. The van der Waals surface area contributed by atoms with Crippen molar-refractivity contribution in [3.05, 3.63) is 52.8 Å². The summed E-state index contributed by atoms with van der Waals surface area (Å²) in [6.45, 7) is 5.72. The smallest absolute Gasteiger partial charge is 0.336 e. The highest BCUT2D eigenvalue weighted by Gasteiger charge is 2.44. The summed E-state index contributed by atoms with van der Waals surface area (Å²) in [6.07, 6.45) is 7.92. The van der Waals surface area contributed by atoms with Gasteiger partial charge in [-0.05, 0) is 56.2 Å². The molecule has 0 bridgehead atoms. The molecule has 1 aromatic heterocycles. The van der Waals surface area contributed by atoms with Crippen molar-refractivity contribution in [1.29, 1.82) is 0 Å². The van der Waals surface area contributed by atoms with Crippen LogP contribution in [0.3, 0.4) is 0 Å². The fraction of sp³-hybridized carbons (Fsp3) is 0.593. The average Bonchev–Trinajstić information content (AvgIpc) is 3.29. The molecule has 2 saturated heterocycles. The van der Waals surface area contributed by atoms with Gasteiger partial charge in [0.2, 0.25) is 0 Å². The van der Waals surface area contributed by atoms with Gasteiger partial charge in [0.15, 0.2) is 0 Å². The summed E-state index contributed by atoms with van der Waals surface area (Å²) in [7, 11) is 2.17. The maximum absolute atomic E-state index is 13.2. The Morgan fingerprint density at radius 3 is 2.39 bits per heavy atom. The lowest BCUT2D eigenvalue weighted by Gasteiger charge is -2.34. The van der Waals surface area contributed by atoms with Crippen LogP contribution >= 0.6 is 11.6 Å². The minimum atomic E-state index is -0.122. The topological polar surface area (TPSA) is 64.9 Å². The lowest BCUT2D eigenvalue weighted by Crippen LogP contribution is -2.49. The van der Waals surface area contributed by atoms with E-state index in [-0.39, 0.29) is 11.9 Å². The molecule has 2 aromatic rings. The van der Waals surface area contributed by atoms with E-state index in [1.54, 1.807) is 12.4 Å². The van der Waals surface area contributed by atoms with Crippen molar-refractivity contribution in [3.63, 3.8) is 0 Å². The molecule has 2 aliphatic heterocycles. The van der Waals surface area contributed by atoms with Crippen LogP contribution in [0.1, 0.15) is 41.6 Å². The number of carbonyl (C=O) groups excluding carboxylic acids is 2. The summed E-state index contributed by atoms with van der Waals surface area (Å²) in [4.78, 5) is 34.9. The van der Waals surface area contributed by atoms with Gasteiger partial charge in [0.05, 0.1) is 11.8 Å². The van der Waals surface area contributed by atoms with Crippen LogP contribution in [0.25, 0.3) is 0 Å². The Hall–Kier alpha value is -2.42. The maximum atomic E-state index is 13.2. The number of piperazine rings is 1. The third-order valence-electron chi connectivity index (χ3n) is 8.69. The predicted molar refractivity (Wildman–Crippen MR) is 138 cm³/mol. The molecular weight excluding hydrogens is 476 g/mol. The molecule has 8 nitrogen and oxygen atoms in total. The van der Waals surface area contributed by atoms with E-state index < -0.39 is 0 Å². The Morgan fingerprint density at radius 2 is 1.72 bits per heavy atom. The van der Waals surface area contributed by atoms with Crippen LogP contribution in [-0.4, -0.2) is 99.7 Å². The van der Waals surface area contributed by atoms with Gasteiger partial charge >= 0.3 is 6.03 Å². The largest absolute Gasteiger partial charge is 0.344 e. The molecule has 2 saturated carbocycles. The van der Waals surface area contributed by atoms with E-state index in [0.29, 0.717) is 23.4 Å². The number of benzene rings is 1. The van der Waals surface area contributed by atoms with E-state index >= 15 is 0 Å². The summed E-state index contributed by atoms with van der Waals surface area (Å²) < 4.78 is 1.36. The number of carbonyl (C=O) groups is 2. The molecule has 6 rings (SSSR count). The number of fused-ring (bicyclic) bond motifs is 1. The van der Waals surface area contributed by atoms with Crippen LogP contribution in [0.5, 0.6) is 0 Å². The number of hydrogen-bond donors (Lipinski definition) is 0. The Bertz CT molecular complexity index is 1110. The second kappa shape index (κ2) is 9.80. The van der Waals surface area contributed by atoms with Crippen LogP contribution in [0.2, 0.25) is 5.02 Å². The van der Waals surface area contributed by atoms with Crippen molar-refractivity contribution in [1.82, 2.24) is 29.4 Å². The number of rotatable bonds is 5. The van der Waals surface area contributed by atoms with Crippen molar-refractivity contribution >= 4 is 23.5 Å². The van der Waals surface area contributed by atoms with Gasteiger partial charge in [-0.3, -0.25) is 14.6 Å². The van der Waals surface area contributed by atoms with Gasteiger partial charge < -0.3 is 9.80 Å². The van der Waals surface area contributed by atoms with E-state index in [0.717, 1.165) is 75.3 Å². The molecule has 2 aliphatic carbocycles. The van der Waals surface area contributed by atoms with Crippen molar-refractivity contribution in [2.45, 2.75) is 44.3 Å². The zero-order valence-electron chi connectivity index (χ0n) is 20.9. The zero-order valence-corrected chi connectivity index (χ0v) is 21.7. The quantitative estimate of drug-likeness (QED) is 0.617. The average molecular weight is 511 g/mol. The highest BCUT2D eigenvalue weighted by Crippen LogP contribution is 2.40. The maximum Gasteiger partial charge on any atom is 0.344 e. The zero-order chi connectivity index (χ0) is 24.8. The summed E-state index contributed by atoms with van der Waals surface area (Å²) in [5.41, 5.74) is 1.66. The molecule has 36 heavy (non-hydrogen) atoms. The van der Waals surface area contributed by atoms with Gasteiger partial charge in [-0.2, -0.15) is 9.78 Å². The molecule has 4 aliphatic rings. The molecule has 4 fully saturated rings. The Morgan fingerprint density at radius 1 is 1.03 bits per heavy atom. The molecule has 0 N–H and O–H groups in total. The summed E-state index contributed by atoms with van der Waals surface area (Å²) >= 11 is 6.36. The van der Waals surface area contributed by atoms with Crippen molar-refractivity contribution in [2.75, 3.05) is 46.3 Å². The first-order valence-corrected chi connectivity index (χ1v) is 13.6. The lowest BCUT2D eigenvalue weighted by molar-refractivity contribution is 0.0627. The van der Waals surface area contributed by atoms with Crippen molar-refractivity contribution in [2.24, 2.45) is 11.8 Å². The van der Waals surface area contributed by atoms with Gasteiger partial charge in [-0.1, -0.05) is 29.8 Å². The van der Waals surface area contributed by atoms with E-state index in [4.69, 9.17) is 11.6 Å². The molecule has 0 unspecified atom stereocenters. The van der Waals surface area contributed by atoms with Crippen LogP contribution in [0.4, 0.5) is 4.79 Å². The highest BCUT2D eigenvalue weighted by atomic mass is 35.5. The normalized spacial score (nSPS) is 26.6. The van der Waals surface area contributed by atoms with Gasteiger partial charge in [0.1, 0.15) is 0 Å². The molecule has 9 heteroatoms. The van der Waals surface area contributed by atoms with E-state index in [2.05, 4.69) is 28.0 Å². The van der Waals surface area contributed by atoms with Gasteiger partial charge in [-0.15, -0.1) is 0 Å². The van der Waals surface area contributed by atoms with Crippen LogP contribution in [-0.2, 0) is 6.54 Å². The number of halogens is 1. The second-order valence-corrected chi connectivity index (χ2v) is 11.5. The van der Waals surface area contributed by atoms with Gasteiger partial charge in [-0.25, -0.2) is 4.79 Å². The van der Waals surface area contributed by atoms with Gasteiger partial charge in [0, 0.05) is 69.1 Å². The SMILES string of the molecule is CN(Cc1ccccc1Cl)[C@H]1C[C@@H]2CN(C(=O)n3cc(C(=O)N4CCN(C5CC5)CC4)cn3)C[C@@H]2C1. The number of aromatic nitrogens is 2. The van der Waals surface area contributed by atoms with Crippen LogP contribution in [0.15, 0.2) is 36.7 Å². The number of amides is 2. The molecule has 1 aromatic carbocycles. The molecule has 0 radical (unpaired) electrons. The van der Waals surface area contributed by atoms with E-state index in [9.17, 15) is 9.59 Å². The minimum Gasteiger partial charge on any atom is -0.336 e. The number of likely N-dealkylation sites (tertiary alicyclic amines) is 1. The van der Waals surface area contributed by atoms with Gasteiger partial charge in [0.25, 0.3) is 5.91 Å². The second-order valence-electron chi connectivity index (χ2n) is 11.1. The summed E-state index contributed by atoms with van der Waals surface area (Å²) in [5, 5.41) is 5.09. The summed E-state index contributed by atoms with van der Waals surface area (Å²) in [5.74, 6) is 0.992. The molecule has 3 heterocycles. The first kappa shape index (κ1) is 23.9. The number of hydrogen-bond acceptors (Lipinski definition) is 5. The molecule has 2 amide bonds. The van der Waals surface area contributed by atoms with E-state index in [1.807, 2.05) is 28.0 Å². The third kappa shape index (κ3) is 4.78. The Labute approximate surface area is 217 Å². The lowest BCUT2D eigenvalue weighted by atomic mass is 10.0. The van der Waals surface area contributed by atoms with E-state index in [1.165, 1.54) is 17.5 Å². The molecule has 3 atom stereocenters. The first-order valence-electron chi connectivity index (χ1n) is 13.3. The number of nitrogens with zero attached hydrogens (tertiary/aromatic N) is 6. The standard InChI is InChI=1S/C27H35ClN6O2/c1-30(15-19-4-2-3-5-25(19)28)24-12-20-16-33(17-21(20)13-24)27(36)34-18-22(14-29-34)26(35)32-10-8-31(9-11-32)23-6-7-23/h2-5,14,18,20-21,23-24H,6-13,15-17H2,1H3/t20-,21+,24+. The van der Waals surface area contributed by atoms with Crippen LogP contribution in [0, 0.1) is 11.8 Å². The van der Waals surface area contributed by atoms with Crippen molar-refractivity contribution < 1.29 is 9.59 Å². The monoisotopic (exact) mass is 510 g/mol. The fourth-order valence-electron chi connectivity index (χ4n) is 6.40. The highest BCUT2D eigenvalue weighted by molar-refractivity contribution is 6.31. The van der Waals surface area contributed by atoms with Crippen LogP contribution < -0.4 is 0 Å². The predicted octanol–water partition coefficient (Wildman–Crippen LogP) is 3.27. The summed E-state index contributed by atoms with van der Waals surface area (Å²) in [6, 6.07) is 9.15.